The van der Waals surface area contributed by atoms with E-state index in [1.807, 2.05) is 6.07 Å². The third-order valence-corrected chi connectivity index (χ3v) is 4.67. The van der Waals surface area contributed by atoms with Gasteiger partial charge in [-0.25, -0.2) is 4.79 Å². The molecule has 0 radical (unpaired) electrons. The lowest BCUT2D eigenvalue weighted by Crippen LogP contribution is -2.53. The second-order valence-corrected chi connectivity index (χ2v) is 7.46. The van der Waals surface area contributed by atoms with Gasteiger partial charge < -0.3 is 15.0 Å². The van der Waals surface area contributed by atoms with E-state index >= 15 is 0 Å². The Morgan fingerprint density at radius 1 is 1.38 bits per heavy atom. The molecule has 1 unspecified atom stereocenters. The van der Waals surface area contributed by atoms with Crippen molar-refractivity contribution in [3.8, 4) is 12.1 Å². The standard InChI is InChI=1S/C16H20N4O3S/c1-15(2,3)23-14(22)20-6-4-16(5-7-20)10(8-17)12(21)19-13(24)11(16)9-18/h10,24H,4-7H2,1-3H3,(H,19,21). The predicted molar refractivity (Wildman–Crippen MR) is 88.3 cm³/mol. The topological polar surface area (TPSA) is 106 Å². The van der Waals surface area contributed by atoms with Crippen molar-refractivity contribution in [2.45, 2.75) is 39.2 Å². The van der Waals surface area contributed by atoms with Gasteiger partial charge in [0, 0.05) is 18.5 Å². The highest BCUT2D eigenvalue weighted by Crippen LogP contribution is 2.48. The molecule has 0 aliphatic carbocycles. The molecule has 1 N–H and O–H groups in total. The second-order valence-electron chi connectivity index (χ2n) is 7.01. The van der Waals surface area contributed by atoms with Crippen LogP contribution in [-0.4, -0.2) is 35.6 Å². The summed E-state index contributed by atoms with van der Waals surface area (Å²) in [4.78, 5) is 25.9. The number of nitrogens with one attached hydrogen (secondary N) is 1. The van der Waals surface area contributed by atoms with Gasteiger partial charge in [0.15, 0.2) is 0 Å². The van der Waals surface area contributed by atoms with E-state index < -0.39 is 28.9 Å². The number of hydrogen-bond donors (Lipinski definition) is 2. The summed E-state index contributed by atoms with van der Waals surface area (Å²) >= 11 is 4.19. The van der Waals surface area contributed by atoms with Crippen molar-refractivity contribution in [2.75, 3.05) is 13.1 Å². The van der Waals surface area contributed by atoms with Crippen LogP contribution in [-0.2, 0) is 9.53 Å². The molecule has 8 heteroatoms. The van der Waals surface area contributed by atoms with Gasteiger partial charge in [-0.2, -0.15) is 10.5 Å². The van der Waals surface area contributed by atoms with E-state index in [0.29, 0.717) is 31.5 Å². The number of carbonyl (C=O) groups is 2. The molecule has 0 aromatic heterocycles. The Bertz CT molecular complexity index is 673. The van der Waals surface area contributed by atoms with Gasteiger partial charge in [0.1, 0.15) is 11.5 Å². The van der Waals surface area contributed by atoms with Crippen LogP contribution in [0.15, 0.2) is 10.6 Å². The van der Waals surface area contributed by atoms with E-state index in [2.05, 4.69) is 24.0 Å². The van der Waals surface area contributed by atoms with Gasteiger partial charge >= 0.3 is 6.09 Å². The maximum Gasteiger partial charge on any atom is 0.410 e. The molecule has 1 atom stereocenters. The zero-order chi connectivity index (χ0) is 18.1. The van der Waals surface area contributed by atoms with Crippen molar-refractivity contribution in [3.63, 3.8) is 0 Å². The molecule has 0 bridgehead atoms. The van der Waals surface area contributed by atoms with Crippen LogP contribution >= 0.6 is 12.6 Å². The number of ether oxygens (including phenoxy) is 1. The average Bonchev–Trinajstić information content (AvgIpc) is 2.46. The average molecular weight is 348 g/mol. The van der Waals surface area contributed by atoms with Crippen molar-refractivity contribution >= 4 is 24.6 Å². The molecule has 2 amide bonds. The molecule has 2 aliphatic heterocycles. The fourth-order valence-electron chi connectivity index (χ4n) is 3.18. The van der Waals surface area contributed by atoms with Crippen molar-refractivity contribution in [2.24, 2.45) is 11.3 Å². The summed E-state index contributed by atoms with van der Waals surface area (Å²) in [5.74, 6) is -1.42. The Morgan fingerprint density at radius 3 is 2.42 bits per heavy atom. The van der Waals surface area contributed by atoms with Crippen molar-refractivity contribution in [1.29, 1.82) is 10.5 Å². The smallest absolute Gasteiger partial charge is 0.410 e. The van der Waals surface area contributed by atoms with E-state index in [1.54, 1.807) is 25.7 Å². The first kappa shape index (κ1) is 18.2. The number of rotatable bonds is 0. The highest BCUT2D eigenvalue weighted by molar-refractivity contribution is 7.84. The summed E-state index contributed by atoms with van der Waals surface area (Å²) in [5.41, 5.74) is -1.19. The molecule has 2 aliphatic rings. The zero-order valence-electron chi connectivity index (χ0n) is 13.9. The minimum atomic E-state index is -0.969. The number of thiol groups is 1. The Morgan fingerprint density at radius 2 is 1.96 bits per heavy atom. The number of nitriles is 2. The summed E-state index contributed by atoms with van der Waals surface area (Å²) < 4.78 is 5.35. The first-order valence-corrected chi connectivity index (χ1v) is 8.11. The van der Waals surface area contributed by atoms with Crippen LogP contribution in [0.4, 0.5) is 4.79 Å². The molecule has 128 valence electrons. The summed E-state index contributed by atoms with van der Waals surface area (Å²) in [6.07, 6.45) is 0.245. The third-order valence-electron chi connectivity index (χ3n) is 4.34. The van der Waals surface area contributed by atoms with Gasteiger partial charge in [0.25, 0.3) is 0 Å². The molecule has 0 aromatic carbocycles. The summed E-state index contributed by atoms with van der Waals surface area (Å²) in [6.45, 7) is 5.99. The molecular formula is C16H20N4O3S. The summed E-state index contributed by atoms with van der Waals surface area (Å²) in [6, 6.07) is 4.10. The van der Waals surface area contributed by atoms with Crippen molar-refractivity contribution in [1.82, 2.24) is 10.2 Å². The fraction of sp³-hybridized carbons (Fsp3) is 0.625. The molecule has 24 heavy (non-hydrogen) atoms. The number of likely N-dealkylation sites (tertiary alicyclic amines) is 1. The van der Waals surface area contributed by atoms with Gasteiger partial charge in [-0.05, 0) is 33.6 Å². The van der Waals surface area contributed by atoms with E-state index in [1.165, 1.54) is 0 Å². The third kappa shape index (κ3) is 3.20. The summed E-state index contributed by atoms with van der Waals surface area (Å²) in [5, 5.41) is 21.6. The normalized spacial score (nSPS) is 23.3. The number of piperidine rings is 1. The molecule has 1 saturated heterocycles. The van der Waals surface area contributed by atoms with Crippen LogP contribution in [0.5, 0.6) is 0 Å². The van der Waals surface area contributed by atoms with Crippen molar-refractivity contribution in [3.05, 3.63) is 10.6 Å². The van der Waals surface area contributed by atoms with Crippen LogP contribution in [0.25, 0.3) is 0 Å². The van der Waals surface area contributed by atoms with Crippen LogP contribution < -0.4 is 5.32 Å². The number of nitrogens with zero attached hydrogens (tertiary/aromatic N) is 3. The minimum Gasteiger partial charge on any atom is -0.444 e. The highest BCUT2D eigenvalue weighted by Gasteiger charge is 2.52. The summed E-state index contributed by atoms with van der Waals surface area (Å²) in [7, 11) is 0. The monoisotopic (exact) mass is 348 g/mol. The number of carbonyl (C=O) groups excluding carboxylic acids is 2. The zero-order valence-corrected chi connectivity index (χ0v) is 14.8. The van der Waals surface area contributed by atoms with Gasteiger partial charge in [-0.1, -0.05) is 0 Å². The largest absolute Gasteiger partial charge is 0.444 e. The maximum atomic E-state index is 12.2. The van der Waals surface area contributed by atoms with Crippen LogP contribution in [0.3, 0.4) is 0 Å². The molecule has 1 spiro atoms. The fourth-order valence-corrected chi connectivity index (χ4v) is 3.57. The van der Waals surface area contributed by atoms with E-state index in [4.69, 9.17) is 4.74 Å². The van der Waals surface area contributed by atoms with Crippen LogP contribution in [0.2, 0.25) is 0 Å². The Balaban J connectivity index is 2.25. The van der Waals surface area contributed by atoms with E-state index in [0.717, 1.165) is 0 Å². The highest BCUT2D eigenvalue weighted by atomic mass is 32.1. The Kier molecular flexibility index (Phi) is 4.82. The molecule has 2 heterocycles. The molecule has 7 nitrogen and oxygen atoms in total. The van der Waals surface area contributed by atoms with Crippen molar-refractivity contribution < 1.29 is 14.3 Å². The SMILES string of the molecule is CC(C)(C)OC(=O)N1CCC2(CC1)C(C#N)=C(S)NC(=O)C2C#N. The molecule has 0 saturated carbocycles. The van der Waals surface area contributed by atoms with Gasteiger partial charge in [0.05, 0.1) is 22.7 Å². The van der Waals surface area contributed by atoms with Crippen LogP contribution in [0, 0.1) is 34.0 Å². The Labute approximate surface area is 146 Å². The lowest BCUT2D eigenvalue weighted by molar-refractivity contribution is -0.127. The molecular weight excluding hydrogens is 328 g/mol. The predicted octanol–water partition coefficient (Wildman–Crippen LogP) is 1.94. The molecule has 2 rings (SSSR count). The van der Waals surface area contributed by atoms with Gasteiger partial charge in [-0.15, -0.1) is 12.6 Å². The number of amides is 2. The van der Waals surface area contributed by atoms with Gasteiger partial charge in [0.2, 0.25) is 5.91 Å². The first-order valence-electron chi connectivity index (χ1n) is 7.67. The molecule has 1 fully saturated rings. The lowest BCUT2D eigenvalue weighted by Gasteiger charge is -2.45. The number of allylic oxidation sites excluding steroid dienone is 1. The molecule has 0 aromatic rings. The maximum absolute atomic E-state index is 12.2. The van der Waals surface area contributed by atoms with Gasteiger partial charge in [-0.3, -0.25) is 4.79 Å². The lowest BCUT2D eigenvalue weighted by atomic mass is 9.63. The van der Waals surface area contributed by atoms with Crippen LogP contribution in [0.1, 0.15) is 33.6 Å². The number of hydrogen-bond acceptors (Lipinski definition) is 6. The Hall–Kier alpha value is -2.19. The van der Waals surface area contributed by atoms with E-state index in [9.17, 15) is 20.1 Å². The first-order chi connectivity index (χ1) is 11.1. The minimum absolute atomic E-state index is 0.194. The second kappa shape index (κ2) is 6.37. The quantitative estimate of drug-likeness (QED) is 0.651. The van der Waals surface area contributed by atoms with E-state index in [-0.39, 0.29) is 5.03 Å².